The Kier molecular flexibility index (Phi) is 4.06. The lowest BCUT2D eigenvalue weighted by Gasteiger charge is -2.15. The van der Waals surface area contributed by atoms with E-state index in [2.05, 4.69) is 14.7 Å². The first-order valence-electron chi connectivity index (χ1n) is 6.09. The molecule has 0 bridgehead atoms. The van der Waals surface area contributed by atoms with Crippen LogP contribution in [0.4, 0.5) is 11.5 Å². The van der Waals surface area contributed by atoms with Crippen LogP contribution in [0.5, 0.6) is 0 Å². The first-order chi connectivity index (χ1) is 9.72. The van der Waals surface area contributed by atoms with E-state index in [9.17, 15) is 8.42 Å². The minimum Gasteiger partial charge on any atom is -0.398 e. The molecular formula is C13H15ClN4O2S. The van der Waals surface area contributed by atoms with Crippen LogP contribution in [0.1, 0.15) is 16.7 Å². The standard InChI is InChI=1S/C13H15ClN4O2S/c1-7-4-8(2)13(9(3)12(7)15)21(19,20)18-11-5-10(14)16-6-17-11/h4-6H,15H2,1-3H3,(H,16,17,18). The van der Waals surface area contributed by atoms with Gasteiger partial charge in [0.1, 0.15) is 17.3 Å². The van der Waals surface area contributed by atoms with Crippen LogP contribution in [0.15, 0.2) is 23.4 Å². The number of nitrogens with zero attached hydrogens (tertiary/aromatic N) is 2. The predicted molar refractivity (Wildman–Crippen MR) is 82.9 cm³/mol. The molecular weight excluding hydrogens is 312 g/mol. The maximum Gasteiger partial charge on any atom is 0.263 e. The Hall–Kier alpha value is -1.86. The number of aromatic nitrogens is 2. The molecule has 21 heavy (non-hydrogen) atoms. The molecule has 1 aromatic carbocycles. The van der Waals surface area contributed by atoms with Gasteiger partial charge in [0.2, 0.25) is 0 Å². The topological polar surface area (TPSA) is 98.0 Å². The van der Waals surface area contributed by atoms with E-state index in [0.717, 1.165) is 5.56 Å². The number of nitrogens with one attached hydrogen (secondary N) is 1. The molecule has 2 rings (SSSR count). The van der Waals surface area contributed by atoms with Gasteiger partial charge in [-0.05, 0) is 37.5 Å². The summed E-state index contributed by atoms with van der Waals surface area (Å²) < 4.78 is 27.5. The van der Waals surface area contributed by atoms with Crippen molar-refractivity contribution in [2.45, 2.75) is 25.7 Å². The van der Waals surface area contributed by atoms with Crippen molar-refractivity contribution in [3.63, 3.8) is 0 Å². The fourth-order valence-electron chi connectivity index (χ4n) is 2.17. The molecule has 0 unspecified atom stereocenters. The van der Waals surface area contributed by atoms with Crippen LogP contribution in [-0.4, -0.2) is 18.4 Å². The van der Waals surface area contributed by atoms with Crippen LogP contribution < -0.4 is 10.5 Å². The van der Waals surface area contributed by atoms with Gasteiger partial charge >= 0.3 is 0 Å². The zero-order valence-electron chi connectivity index (χ0n) is 11.8. The molecule has 0 saturated carbocycles. The Labute approximate surface area is 128 Å². The van der Waals surface area contributed by atoms with Gasteiger partial charge in [0.05, 0.1) is 4.90 Å². The number of anilines is 2. The van der Waals surface area contributed by atoms with Crippen molar-refractivity contribution >= 4 is 33.1 Å². The summed E-state index contributed by atoms with van der Waals surface area (Å²) in [6.07, 6.45) is 1.18. The number of rotatable bonds is 3. The van der Waals surface area contributed by atoms with Gasteiger partial charge < -0.3 is 5.73 Å². The van der Waals surface area contributed by atoms with Gasteiger partial charge in [-0.1, -0.05) is 17.7 Å². The Morgan fingerprint density at radius 2 is 1.81 bits per heavy atom. The Bertz CT molecular complexity index is 806. The van der Waals surface area contributed by atoms with E-state index in [1.165, 1.54) is 12.4 Å². The molecule has 6 nitrogen and oxygen atoms in total. The Morgan fingerprint density at radius 1 is 1.14 bits per heavy atom. The van der Waals surface area contributed by atoms with E-state index >= 15 is 0 Å². The minimum atomic E-state index is -3.81. The lowest BCUT2D eigenvalue weighted by atomic mass is 10.1. The zero-order valence-corrected chi connectivity index (χ0v) is 13.4. The molecule has 0 amide bonds. The third-order valence-electron chi connectivity index (χ3n) is 3.10. The summed E-state index contributed by atoms with van der Waals surface area (Å²) in [6.45, 7) is 5.24. The fraction of sp³-hybridized carbons (Fsp3) is 0.231. The van der Waals surface area contributed by atoms with E-state index in [4.69, 9.17) is 17.3 Å². The van der Waals surface area contributed by atoms with Gasteiger partial charge in [-0.15, -0.1) is 0 Å². The number of sulfonamides is 1. The molecule has 0 aliphatic rings. The van der Waals surface area contributed by atoms with Crippen LogP contribution in [0.3, 0.4) is 0 Å². The monoisotopic (exact) mass is 326 g/mol. The molecule has 1 aromatic heterocycles. The number of nitrogen functional groups attached to an aromatic ring is 1. The van der Waals surface area contributed by atoms with Gasteiger partial charge in [0, 0.05) is 11.8 Å². The first-order valence-corrected chi connectivity index (χ1v) is 7.95. The van der Waals surface area contributed by atoms with Crippen molar-refractivity contribution in [1.29, 1.82) is 0 Å². The van der Waals surface area contributed by atoms with Crippen molar-refractivity contribution in [3.8, 4) is 0 Å². The third kappa shape index (κ3) is 3.08. The van der Waals surface area contributed by atoms with E-state index < -0.39 is 10.0 Å². The highest BCUT2D eigenvalue weighted by atomic mass is 35.5. The predicted octanol–water partition coefficient (Wildman–Crippen LogP) is 2.44. The number of hydrogen-bond donors (Lipinski definition) is 2. The summed E-state index contributed by atoms with van der Waals surface area (Å²) in [7, 11) is -3.81. The van der Waals surface area contributed by atoms with E-state index in [1.807, 2.05) is 6.92 Å². The molecule has 3 N–H and O–H groups in total. The highest BCUT2D eigenvalue weighted by Crippen LogP contribution is 2.29. The van der Waals surface area contributed by atoms with E-state index in [-0.39, 0.29) is 15.9 Å². The van der Waals surface area contributed by atoms with Crippen LogP contribution in [0.25, 0.3) is 0 Å². The molecule has 0 aliphatic carbocycles. The summed E-state index contributed by atoms with van der Waals surface area (Å²) in [4.78, 5) is 7.69. The van der Waals surface area contributed by atoms with E-state index in [0.29, 0.717) is 16.8 Å². The average Bonchev–Trinajstić information content (AvgIpc) is 2.35. The first kappa shape index (κ1) is 15.5. The second-order valence-electron chi connectivity index (χ2n) is 4.71. The van der Waals surface area contributed by atoms with Crippen molar-refractivity contribution in [2.24, 2.45) is 0 Å². The van der Waals surface area contributed by atoms with Crippen LogP contribution in [0, 0.1) is 20.8 Å². The number of halogens is 1. The maximum atomic E-state index is 12.5. The van der Waals surface area contributed by atoms with Crippen LogP contribution in [0.2, 0.25) is 5.15 Å². The lowest BCUT2D eigenvalue weighted by molar-refractivity contribution is 0.600. The minimum absolute atomic E-state index is 0.105. The molecule has 0 aliphatic heterocycles. The molecule has 0 spiro atoms. The summed E-state index contributed by atoms with van der Waals surface area (Å²) in [5.74, 6) is 0.105. The molecule has 0 atom stereocenters. The van der Waals surface area contributed by atoms with Gasteiger partial charge in [-0.25, -0.2) is 18.4 Å². The molecule has 1 heterocycles. The number of benzene rings is 1. The molecule has 0 fully saturated rings. The third-order valence-corrected chi connectivity index (χ3v) is 4.95. The highest BCUT2D eigenvalue weighted by Gasteiger charge is 2.22. The van der Waals surface area contributed by atoms with E-state index in [1.54, 1.807) is 19.9 Å². The van der Waals surface area contributed by atoms with Gasteiger partial charge in [-0.3, -0.25) is 4.72 Å². The average molecular weight is 327 g/mol. The maximum absolute atomic E-state index is 12.5. The molecule has 112 valence electrons. The molecule has 0 saturated heterocycles. The van der Waals surface area contributed by atoms with Crippen LogP contribution >= 0.6 is 11.6 Å². The number of hydrogen-bond acceptors (Lipinski definition) is 5. The smallest absolute Gasteiger partial charge is 0.263 e. The fourth-order valence-corrected chi connectivity index (χ4v) is 3.81. The lowest BCUT2D eigenvalue weighted by Crippen LogP contribution is -2.17. The second kappa shape index (κ2) is 5.50. The highest BCUT2D eigenvalue weighted by molar-refractivity contribution is 7.92. The second-order valence-corrected chi connectivity index (χ2v) is 6.72. The normalized spacial score (nSPS) is 11.4. The Balaban J connectivity index is 2.53. The molecule has 8 heteroatoms. The summed E-state index contributed by atoms with van der Waals surface area (Å²) in [5, 5.41) is 0.152. The number of aryl methyl sites for hydroxylation is 2. The summed E-state index contributed by atoms with van der Waals surface area (Å²) in [5.41, 5.74) is 8.36. The van der Waals surface area contributed by atoms with Crippen LogP contribution in [-0.2, 0) is 10.0 Å². The quantitative estimate of drug-likeness (QED) is 0.666. The SMILES string of the molecule is Cc1cc(C)c(S(=O)(=O)Nc2cc(Cl)ncn2)c(C)c1N. The van der Waals surface area contributed by atoms with Gasteiger partial charge in [-0.2, -0.15) is 0 Å². The largest absolute Gasteiger partial charge is 0.398 e. The van der Waals surface area contributed by atoms with Crippen molar-refractivity contribution < 1.29 is 8.42 Å². The number of nitrogens with two attached hydrogens (primary N) is 1. The molecule has 0 radical (unpaired) electrons. The Morgan fingerprint density at radius 3 is 2.43 bits per heavy atom. The summed E-state index contributed by atoms with van der Waals surface area (Å²) >= 11 is 5.72. The van der Waals surface area contributed by atoms with Gasteiger partial charge in [0.15, 0.2) is 0 Å². The van der Waals surface area contributed by atoms with Crippen molar-refractivity contribution in [3.05, 3.63) is 40.3 Å². The van der Waals surface area contributed by atoms with Crippen molar-refractivity contribution in [1.82, 2.24) is 9.97 Å². The molecule has 2 aromatic rings. The van der Waals surface area contributed by atoms with Crippen molar-refractivity contribution in [2.75, 3.05) is 10.5 Å². The van der Waals surface area contributed by atoms with Gasteiger partial charge in [0.25, 0.3) is 10.0 Å². The summed E-state index contributed by atoms with van der Waals surface area (Å²) in [6, 6.07) is 3.07. The zero-order chi connectivity index (χ0) is 15.8.